The third-order valence-corrected chi connectivity index (χ3v) is 2.22. The maximum atomic E-state index is 13.5. The Bertz CT molecular complexity index is 420. The Morgan fingerprint density at radius 3 is 3.00 bits per heavy atom. The molecule has 0 aromatic heterocycles. The second-order valence-corrected chi connectivity index (χ2v) is 3.50. The molecule has 1 amide bonds. The van der Waals surface area contributed by atoms with Crippen LogP contribution >= 0.6 is 0 Å². The van der Waals surface area contributed by atoms with Gasteiger partial charge in [-0.05, 0) is 25.0 Å². The van der Waals surface area contributed by atoms with Crippen molar-refractivity contribution in [2.45, 2.75) is 19.8 Å². The lowest BCUT2D eigenvalue weighted by atomic mass is 10.1. The van der Waals surface area contributed by atoms with Crippen molar-refractivity contribution >= 4 is 5.91 Å². The van der Waals surface area contributed by atoms with Gasteiger partial charge < -0.3 is 5.32 Å². The molecule has 0 heterocycles. The van der Waals surface area contributed by atoms with Gasteiger partial charge in [0.2, 0.25) is 0 Å². The Balaban J connectivity index is 2.60. The standard InChI is InChI=1S/C13H14FNO/c1-3-4-5-9-15-13(16)11-8-6-7-10(2)12(11)14/h1,6-8H,4-5,9H2,2H3,(H,15,16). The maximum absolute atomic E-state index is 13.5. The summed E-state index contributed by atoms with van der Waals surface area (Å²) in [6.07, 6.45) is 6.39. The van der Waals surface area contributed by atoms with Crippen LogP contribution in [0.1, 0.15) is 28.8 Å². The van der Waals surface area contributed by atoms with Crippen molar-refractivity contribution in [3.8, 4) is 12.3 Å². The highest BCUT2D eigenvalue weighted by atomic mass is 19.1. The van der Waals surface area contributed by atoms with Crippen LogP contribution in [0.5, 0.6) is 0 Å². The van der Waals surface area contributed by atoms with Gasteiger partial charge in [0.25, 0.3) is 5.91 Å². The minimum atomic E-state index is -0.461. The second-order valence-electron chi connectivity index (χ2n) is 3.50. The molecule has 1 rings (SSSR count). The summed E-state index contributed by atoms with van der Waals surface area (Å²) in [7, 11) is 0. The Labute approximate surface area is 94.9 Å². The van der Waals surface area contributed by atoms with Crippen molar-refractivity contribution in [1.82, 2.24) is 5.32 Å². The molecule has 0 aliphatic carbocycles. The lowest BCUT2D eigenvalue weighted by Gasteiger charge is -2.06. The zero-order chi connectivity index (χ0) is 12.0. The molecule has 1 aromatic carbocycles. The van der Waals surface area contributed by atoms with Gasteiger partial charge in [-0.3, -0.25) is 4.79 Å². The molecule has 0 aliphatic heterocycles. The number of halogens is 1. The number of carbonyl (C=O) groups excluding carboxylic acids is 1. The summed E-state index contributed by atoms with van der Waals surface area (Å²) in [5.41, 5.74) is 0.553. The molecule has 1 aromatic rings. The van der Waals surface area contributed by atoms with Crippen LogP contribution in [0.15, 0.2) is 18.2 Å². The molecule has 1 N–H and O–H groups in total. The lowest BCUT2D eigenvalue weighted by Crippen LogP contribution is -2.25. The van der Waals surface area contributed by atoms with Crippen molar-refractivity contribution in [3.63, 3.8) is 0 Å². The van der Waals surface area contributed by atoms with E-state index in [-0.39, 0.29) is 5.56 Å². The molecule has 2 nitrogen and oxygen atoms in total. The van der Waals surface area contributed by atoms with Crippen LogP contribution in [-0.4, -0.2) is 12.5 Å². The number of unbranched alkanes of at least 4 members (excludes halogenated alkanes) is 1. The minimum absolute atomic E-state index is 0.0840. The Hall–Kier alpha value is -1.82. The monoisotopic (exact) mass is 219 g/mol. The number of benzene rings is 1. The van der Waals surface area contributed by atoms with Crippen molar-refractivity contribution in [2.75, 3.05) is 6.54 Å². The smallest absolute Gasteiger partial charge is 0.254 e. The fourth-order valence-electron chi connectivity index (χ4n) is 1.31. The van der Waals surface area contributed by atoms with Gasteiger partial charge in [-0.15, -0.1) is 12.3 Å². The van der Waals surface area contributed by atoms with Crippen molar-refractivity contribution < 1.29 is 9.18 Å². The van der Waals surface area contributed by atoms with Gasteiger partial charge in [0.05, 0.1) is 5.56 Å². The van der Waals surface area contributed by atoms with Crippen LogP contribution < -0.4 is 5.32 Å². The number of terminal acetylenes is 1. The fraction of sp³-hybridized carbons (Fsp3) is 0.308. The fourth-order valence-corrected chi connectivity index (χ4v) is 1.31. The van der Waals surface area contributed by atoms with Gasteiger partial charge in [0.15, 0.2) is 0 Å². The number of hydrogen-bond donors (Lipinski definition) is 1. The zero-order valence-corrected chi connectivity index (χ0v) is 9.22. The quantitative estimate of drug-likeness (QED) is 0.611. The molecular formula is C13H14FNO. The molecule has 84 valence electrons. The van der Waals surface area contributed by atoms with Gasteiger partial charge >= 0.3 is 0 Å². The van der Waals surface area contributed by atoms with Crippen LogP contribution in [-0.2, 0) is 0 Å². The molecule has 0 atom stereocenters. The molecule has 16 heavy (non-hydrogen) atoms. The van der Waals surface area contributed by atoms with Gasteiger partial charge in [0.1, 0.15) is 5.82 Å². The number of amides is 1. The van der Waals surface area contributed by atoms with Gasteiger partial charge in [-0.25, -0.2) is 4.39 Å². The largest absolute Gasteiger partial charge is 0.352 e. The van der Waals surface area contributed by atoms with E-state index < -0.39 is 11.7 Å². The molecule has 0 spiro atoms. The number of rotatable bonds is 4. The number of hydrogen-bond acceptors (Lipinski definition) is 1. The average molecular weight is 219 g/mol. The predicted octanol–water partition coefficient (Wildman–Crippen LogP) is 2.28. The van der Waals surface area contributed by atoms with Gasteiger partial charge in [-0.2, -0.15) is 0 Å². The van der Waals surface area contributed by atoms with Crippen molar-refractivity contribution in [3.05, 3.63) is 35.1 Å². The highest BCUT2D eigenvalue weighted by Crippen LogP contribution is 2.11. The third kappa shape index (κ3) is 3.09. The normalized spacial score (nSPS) is 9.56. The average Bonchev–Trinajstić information content (AvgIpc) is 2.28. The Morgan fingerprint density at radius 2 is 2.31 bits per heavy atom. The number of aryl methyl sites for hydroxylation is 1. The van der Waals surface area contributed by atoms with E-state index in [9.17, 15) is 9.18 Å². The molecule has 0 radical (unpaired) electrons. The van der Waals surface area contributed by atoms with Gasteiger partial charge in [-0.1, -0.05) is 12.1 Å². The summed E-state index contributed by atoms with van der Waals surface area (Å²) in [6, 6.07) is 4.76. The van der Waals surface area contributed by atoms with E-state index in [4.69, 9.17) is 6.42 Å². The number of carbonyl (C=O) groups is 1. The maximum Gasteiger partial charge on any atom is 0.254 e. The molecule has 3 heteroatoms. The van der Waals surface area contributed by atoms with E-state index in [1.54, 1.807) is 19.1 Å². The SMILES string of the molecule is C#CCCCNC(=O)c1cccc(C)c1F. The van der Waals surface area contributed by atoms with Gasteiger partial charge in [0, 0.05) is 13.0 Å². The minimum Gasteiger partial charge on any atom is -0.352 e. The first kappa shape index (κ1) is 12.3. The van der Waals surface area contributed by atoms with E-state index in [1.165, 1.54) is 6.07 Å². The molecule has 0 unspecified atom stereocenters. The van der Waals surface area contributed by atoms with Crippen LogP contribution in [0.4, 0.5) is 4.39 Å². The van der Waals surface area contributed by atoms with Crippen LogP contribution in [0, 0.1) is 25.1 Å². The van der Waals surface area contributed by atoms with E-state index >= 15 is 0 Å². The summed E-state index contributed by atoms with van der Waals surface area (Å²) >= 11 is 0. The van der Waals surface area contributed by atoms with Crippen molar-refractivity contribution in [1.29, 1.82) is 0 Å². The first-order chi connectivity index (χ1) is 7.66. The van der Waals surface area contributed by atoms with Crippen LogP contribution in [0.3, 0.4) is 0 Å². The molecule has 0 aliphatic rings. The molecule has 0 bridgehead atoms. The predicted molar refractivity (Wildman–Crippen MR) is 61.5 cm³/mol. The van der Waals surface area contributed by atoms with E-state index in [0.717, 1.165) is 0 Å². The van der Waals surface area contributed by atoms with Crippen molar-refractivity contribution in [2.24, 2.45) is 0 Å². The second kappa shape index (κ2) is 5.92. The van der Waals surface area contributed by atoms with Crippen LogP contribution in [0.25, 0.3) is 0 Å². The lowest BCUT2D eigenvalue weighted by molar-refractivity contribution is 0.0949. The van der Waals surface area contributed by atoms with Crippen LogP contribution in [0.2, 0.25) is 0 Å². The summed E-state index contributed by atoms with van der Waals surface area (Å²) < 4.78 is 13.5. The summed E-state index contributed by atoms with van der Waals surface area (Å²) in [5, 5.41) is 2.63. The molecule has 0 fully saturated rings. The molecular weight excluding hydrogens is 205 g/mol. The van der Waals surface area contributed by atoms with E-state index in [0.29, 0.717) is 24.9 Å². The zero-order valence-electron chi connectivity index (χ0n) is 9.22. The summed E-state index contributed by atoms with van der Waals surface area (Å²) in [5.74, 6) is 1.62. The van der Waals surface area contributed by atoms with E-state index in [2.05, 4.69) is 11.2 Å². The summed E-state index contributed by atoms with van der Waals surface area (Å²) in [4.78, 5) is 11.6. The Morgan fingerprint density at radius 1 is 1.56 bits per heavy atom. The highest BCUT2D eigenvalue weighted by molar-refractivity contribution is 5.94. The molecule has 0 saturated carbocycles. The number of nitrogens with one attached hydrogen (secondary N) is 1. The third-order valence-electron chi connectivity index (χ3n) is 2.22. The topological polar surface area (TPSA) is 29.1 Å². The highest BCUT2D eigenvalue weighted by Gasteiger charge is 2.11. The van der Waals surface area contributed by atoms with E-state index in [1.807, 2.05) is 0 Å². The Kier molecular flexibility index (Phi) is 4.53. The first-order valence-electron chi connectivity index (χ1n) is 5.13. The molecule has 0 saturated heterocycles. The first-order valence-corrected chi connectivity index (χ1v) is 5.13. The summed E-state index contributed by atoms with van der Waals surface area (Å²) in [6.45, 7) is 2.10.